The molecule has 0 bridgehead atoms. The zero-order valence-electron chi connectivity index (χ0n) is 16.4. The number of nitrogens with zero attached hydrogens (tertiary/aromatic N) is 1. The third kappa shape index (κ3) is 3.90. The highest BCUT2D eigenvalue weighted by Gasteiger charge is 2.33. The van der Waals surface area contributed by atoms with E-state index < -0.39 is 0 Å². The molecule has 0 aromatic heterocycles. The van der Waals surface area contributed by atoms with Crippen LogP contribution in [0.2, 0.25) is 0 Å². The van der Waals surface area contributed by atoms with E-state index in [1.54, 1.807) is 0 Å². The first kappa shape index (κ1) is 18.4. The maximum Gasteiger partial charge on any atom is 0.217 e. The van der Waals surface area contributed by atoms with Crippen LogP contribution in [-0.2, 0) is 26.0 Å². The third-order valence-electron chi connectivity index (χ3n) is 4.76. The van der Waals surface area contributed by atoms with E-state index in [4.69, 9.17) is 19.2 Å². The topological polar surface area (TPSA) is 40.0 Å². The molecule has 4 heteroatoms. The van der Waals surface area contributed by atoms with Gasteiger partial charge in [0.25, 0.3) is 0 Å². The van der Waals surface area contributed by atoms with Crippen molar-refractivity contribution in [1.29, 1.82) is 0 Å². The smallest absolute Gasteiger partial charge is 0.217 e. The van der Waals surface area contributed by atoms with Crippen LogP contribution in [0.5, 0.6) is 0 Å². The molecule has 0 aliphatic carbocycles. The summed E-state index contributed by atoms with van der Waals surface area (Å²) in [6, 6.07) is 4.51. The van der Waals surface area contributed by atoms with Crippen LogP contribution < -0.4 is 0 Å². The van der Waals surface area contributed by atoms with Crippen molar-refractivity contribution in [1.82, 2.24) is 0 Å². The van der Waals surface area contributed by atoms with Gasteiger partial charge in [-0.15, -0.1) is 0 Å². The minimum Gasteiger partial charge on any atom is -0.475 e. The number of aliphatic imine (C=N–C) groups is 1. The van der Waals surface area contributed by atoms with Crippen LogP contribution in [0.4, 0.5) is 0 Å². The monoisotopic (exact) mass is 345 g/mol. The van der Waals surface area contributed by atoms with E-state index in [1.165, 1.54) is 11.1 Å². The van der Waals surface area contributed by atoms with E-state index in [-0.39, 0.29) is 17.2 Å². The lowest BCUT2D eigenvalue weighted by Gasteiger charge is -2.29. The van der Waals surface area contributed by atoms with Crippen molar-refractivity contribution >= 4 is 5.90 Å². The number of ether oxygens (including phenoxy) is 3. The van der Waals surface area contributed by atoms with Crippen LogP contribution >= 0.6 is 0 Å². The third-order valence-corrected chi connectivity index (χ3v) is 4.76. The van der Waals surface area contributed by atoms with Crippen LogP contribution in [0.1, 0.15) is 76.5 Å². The van der Waals surface area contributed by atoms with Gasteiger partial charge in [0.2, 0.25) is 5.90 Å². The Morgan fingerprint density at radius 2 is 1.84 bits per heavy atom. The van der Waals surface area contributed by atoms with Crippen molar-refractivity contribution in [3.8, 4) is 0 Å². The summed E-state index contributed by atoms with van der Waals surface area (Å²) < 4.78 is 17.9. The van der Waals surface area contributed by atoms with Gasteiger partial charge < -0.3 is 14.2 Å². The van der Waals surface area contributed by atoms with Crippen LogP contribution in [0.25, 0.3) is 0 Å². The minimum atomic E-state index is -0.341. The van der Waals surface area contributed by atoms with E-state index in [2.05, 4.69) is 53.7 Å². The molecule has 2 heterocycles. The van der Waals surface area contributed by atoms with Gasteiger partial charge in [0.05, 0.1) is 18.8 Å². The maximum absolute atomic E-state index is 5.99. The molecule has 0 unspecified atom stereocenters. The van der Waals surface area contributed by atoms with Gasteiger partial charge in [-0.2, -0.15) is 0 Å². The molecule has 4 nitrogen and oxygen atoms in total. The van der Waals surface area contributed by atoms with E-state index >= 15 is 0 Å². The highest BCUT2D eigenvalue weighted by Crippen LogP contribution is 2.36. The van der Waals surface area contributed by atoms with Crippen LogP contribution in [0.15, 0.2) is 17.1 Å². The van der Waals surface area contributed by atoms with Crippen LogP contribution in [0, 0.1) is 0 Å². The molecule has 0 saturated carbocycles. The summed E-state index contributed by atoms with van der Waals surface area (Å²) in [6.45, 7) is 15.2. The second-order valence-electron chi connectivity index (χ2n) is 8.65. The quantitative estimate of drug-likeness (QED) is 0.807. The lowest BCUT2D eigenvalue weighted by atomic mass is 9.82. The van der Waals surface area contributed by atoms with Gasteiger partial charge >= 0.3 is 0 Å². The Morgan fingerprint density at radius 1 is 1.16 bits per heavy atom. The van der Waals surface area contributed by atoms with Crippen molar-refractivity contribution in [2.24, 2.45) is 4.99 Å². The highest BCUT2D eigenvalue weighted by molar-refractivity contribution is 5.98. The number of aryl methyl sites for hydroxylation is 1. The Labute approximate surface area is 151 Å². The van der Waals surface area contributed by atoms with Gasteiger partial charge in [0.1, 0.15) is 6.61 Å². The highest BCUT2D eigenvalue weighted by atomic mass is 16.7. The molecular formula is C21H31NO3. The van der Waals surface area contributed by atoms with Gasteiger partial charge in [-0.1, -0.05) is 33.8 Å². The van der Waals surface area contributed by atoms with Crippen LogP contribution in [-0.4, -0.2) is 31.3 Å². The molecule has 1 saturated heterocycles. The normalized spacial score (nSPS) is 21.1. The standard InChI is InChI=1S/C21H31NO3/c1-7-14-11-15(20(2,3)4)12-16(19-23-9-8-10-24-19)17(14)18-22-21(5,6)13-25-18/h11-12,19H,7-10,13H2,1-6H3. The molecule has 2 aliphatic heterocycles. The van der Waals surface area contributed by atoms with Gasteiger partial charge in [-0.05, 0) is 49.3 Å². The van der Waals surface area contributed by atoms with Crippen molar-refractivity contribution in [3.63, 3.8) is 0 Å². The molecular weight excluding hydrogens is 314 g/mol. The number of hydrogen-bond acceptors (Lipinski definition) is 4. The summed E-state index contributed by atoms with van der Waals surface area (Å²) in [5, 5.41) is 0. The minimum absolute atomic E-state index is 0.0590. The average molecular weight is 345 g/mol. The number of hydrogen-bond donors (Lipinski definition) is 0. The second kappa shape index (κ2) is 6.73. The first-order chi connectivity index (χ1) is 11.7. The van der Waals surface area contributed by atoms with Gasteiger partial charge in [-0.25, -0.2) is 4.99 Å². The zero-order valence-corrected chi connectivity index (χ0v) is 16.4. The molecule has 1 aromatic rings. The predicted octanol–water partition coefficient (Wildman–Crippen LogP) is 4.54. The van der Waals surface area contributed by atoms with E-state index in [0.717, 1.165) is 43.1 Å². The van der Waals surface area contributed by atoms with Gasteiger partial charge in [0, 0.05) is 11.1 Å². The number of benzene rings is 1. The maximum atomic E-state index is 5.99. The van der Waals surface area contributed by atoms with E-state index in [0.29, 0.717) is 6.61 Å². The lowest BCUT2D eigenvalue weighted by Crippen LogP contribution is -2.23. The average Bonchev–Trinajstić information content (AvgIpc) is 2.93. The molecule has 1 aromatic carbocycles. The molecule has 0 N–H and O–H groups in total. The summed E-state index contributed by atoms with van der Waals surface area (Å²) in [7, 11) is 0. The first-order valence-electron chi connectivity index (χ1n) is 9.35. The Bertz CT molecular complexity index is 664. The Hall–Kier alpha value is -1.39. The lowest BCUT2D eigenvalue weighted by molar-refractivity contribution is -0.183. The zero-order chi connectivity index (χ0) is 18.2. The summed E-state index contributed by atoms with van der Waals surface area (Å²) in [5.74, 6) is 0.732. The molecule has 3 rings (SSSR count). The van der Waals surface area contributed by atoms with E-state index in [1.807, 2.05) is 0 Å². The summed E-state index contributed by atoms with van der Waals surface area (Å²) in [6.07, 6.45) is 1.52. The Kier molecular flexibility index (Phi) is 4.95. The molecule has 25 heavy (non-hydrogen) atoms. The van der Waals surface area contributed by atoms with Crippen molar-refractivity contribution < 1.29 is 14.2 Å². The molecule has 0 amide bonds. The Balaban J connectivity index is 2.17. The predicted molar refractivity (Wildman–Crippen MR) is 100 cm³/mol. The molecule has 138 valence electrons. The molecule has 0 radical (unpaired) electrons. The molecule has 0 spiro atoms. The number of rotatable bonds is 3. The Morgan fingerprint density at radius 3 is 2.36 bits per heavy atom. The van der Waals surface area contributed by atoms with E-state index in [9.17, 15) is 0 Å². The molecule has 0 atom stereocenters. The fourth-order valence-electron chi connectivity index (χ4n) is 3.27. The largest absolute Gasteiger partial charge is 0.475 e. The summed E-state index contributed by atoms with van der Waals surface area (Å²) in [4.78, 5) is 4.83. The second-order valence-corrected chi connectivity index (χ2v) is 8.65. The fourth-order valence-corrected chi connectivity index (χ4v) is 3.27. The van der Waals surface area contributed by atoms with Crippen molar-refractivity contribution in [2.75, 3.05) is 19.8 Å². The van der Waals surface area contributed by atoms with Crippen LogP contribution in [0.3, 0.4) is 0 Å². The van der Waals surface area contributed by atoms with Crippen molar-refractivity contribution in [3.05, 3.63) is 34.4 Å². The fraction of sp³-hybridized carbons (Fsp3) is 0.667. The summed E-state index contributed by atoms with van der Waals surface area (Å²) in [5.41, 5.74) is 4.53. The molecule has 2 aliphatic rings. The first-order valence-corrected chi connectivity index (χ1v) is 9.35. The molecule has 1 fully saturated rings. The van der Waals surface area contributed by atoms with Gasteiger partial charge in [0.15, 0.2) is 6.29 Å². The van der Waals surface area contributed by atoms with Crippen molar-refractivity contribution in [2.45, 2.75) is 71.6 Å². The SMILES string of the molecule is CCc1cc(C(C)(C)C)cc(C2OCCCO2)c1C1=NC(C)(C)CO1. The van der Waals surface area contributed by atoms with Gasteiger partial charge in [-0.3, -0.25) is 0 Å². The summed E-state index contributed by atoms with van der Waals surface area (Å²) >= 11 is 0.